The fraction of sp³-hybridized carbons (Fsp3) is 0.111. The van der Waals surface area contributed by atoms with Gasteiger partial charge in [-0.2, -0.15) is 0 Å². The van der Waals surface area contributed by atoms with Gasteiger partial charge in [0.2, 0.25) is 0 Å². The van der Waals surface area contributed by atoms with Crippen LogP contribution >= 0.6 is 46.6 Å². The number of thioether (sulfide) groups is 1. The van der Waals surface area contributed by atoms with Gasteiger partial charge in [0.05, 0.1) is 33.6 Å². The number of halogens is 3. The van der Waals surface area contributed by atoms with Crippen LogP contribution in [0.25, 0.3) is 6.08 Å². The van der Waals surface area contributed by atoms with Crippen molar-refractivity contribution in [3.05, 3.63) is 61.4 Å². The lowest BCUT2D eigenvalue weighted by Gasteiger charge is -2.13. The van der Waals surface area contributed by atoms with Crippen molar-refractivity contribution in [1.29, 1.82) is 0 Å². The summed E-state index contributed by atoms with van der Waals surface area (Å²) < 4.78 is 5.04. The van der Waals surface area contributed by atoms with Crippen molar-refractivity contribution in [3.8, 4) is 11.5 Å². The highest BCUT2D eigenvalue weighted by atomic mass is 35.5. The van der Waals surface area contributed by atoms with Crippen molar-refractivity contribution in [2.45, 2.75) is 6.54 Å². The van der Waals surface area contributed by atoms with Crippen LogP contribution in [-0.4, -0.2) is 28.3 Å². The average Bonchev–Trinajstić information content (AvgIpc) is 2.88. The summed E-state index contributed by atoms with van der Waals surface area (Å²) in [6.45, 7) is 0.0819. The van der Waals surface area contributed by atoms with Gasteiger partial charge in [-0.15, -0.1) is 0 Å². The highest BCUT2D eigenvalue weighted by Crippen LogP contribution is 2.38. The second-order valence-electron chi connectivity index (χ2n) is 5.57. The molecule has 9 heteroatoms. The predicted molar refractivity (Wildman–Crippen MR) is 108 cm³/mol. The summed E-state index contributed by atoms with van der Waals surface area (Å²) in [4.78, 5) is 26.2. The number of nitrogens with zero attached hydrogens (tertiary/aromatic N) is 1. The Hall–Kier alpha value is -1.86. The molecule has 0 spiro atoms. The first-order chi connectivity index (χ1) is 12.8. The number of rotatable bonds is 4. The van der Waals surface area contributed by atoms with E-state index < -0.39 is 11.1 Å². The second kappa shape index (κ2) is 8.02. The molecule has 2 aromatic rings. The van der Waals surface area contributed by atoms with Crippen LogP contribution in [0.1, 0.15) is 11.1 Å². The van der Waals surface area contributed by atoms with Crippen molar-refractivity contribution in [2.24, 2.45) is 0 Å². The largest absolute Gasteiger partial charge is 0.503 e. The molecule has 0 aliphatic carbocycles. The number of phenols is 1. The van der Waals surface area contributed by atoms with Crippen molar-refractivity contribution in [3.63, 3.8) is 0 Å². The molecule has 0 aromatic heterocycles. The lowest BCUT2D eigenvalue weighted by atomic mass is 10.1. The zero-order valence-electron chi connectivity index (χ0n) is 13.8. The molecule has 0 bridgehead atoms. The first-order valence-electron chi connectivity index (χ1n) is 7.56. The number of carbonyl (C=O) groups is 2. The van der Waals surface area contributed by atoms with Crippen LogP contribution in [-0.2, 0) is 11.3 Å². The Kier molecular flexibility index (Phi) is 5.91. The molecule has 0 atom stereocenters. The molecule has 140 valence electrons. The number of imide groups is 1. The predicted octanol–water partition coefficient (Wildman–Crippen LogP) is 5.60. The Morgan fingerprint density at radius 3 is 2.52 bits per heavy atom. The summed E-state index contributed by atoms with van der Waals surface area (Å²) >= 11 is 18.6. The van der Waals surface area contributed by atoms with Crippen molar-refractivity contribution in [1.82, 2.24) is 4.90 Å². The van der Waals surface area contributed by atoms with Gasteiger partial charge in [0.15, 0.2) is 11.5 Å². The maximum absolute atomic E-state index is 12.6. The number of hydrogen-bond donors (Lipinski definition) is 1. The van der Waals surface area contributed by atoms with Gasteiger partial charge in [-0.3, -0.25) is 14.5 Å². The van der Waals surface area contributed by atoms with E-state index in [0.717, 1.165) is 16.7 Å². The quantitative estimate of drug-likeness (QED) is 0.622. The maximum Gasteiger partial charge on any atom is 0.293 e. The molecular formula is C18H12Cl3NO4S. The van der Waals surface area contributed by atoms with Crippen molar-refractivity contribution in [2.75, 3.05) is 7.11 Å². The molecule has 2 amide bonds. The van der Waals surface area contributed by atoms with Gasteiger partial charge >= 0.3 is 0 Å². The van der Waals surface area contributed by atoms with E-state index in [4.69, 9.17) is 39.5 Å². The Labute approximate surface area is 174 Å². The molecule has 1 N–H and O–H groups in total. The standard InChI is InChI=1S/C18H12Cl3NO4S/c1-26-14-6-10(5-13(21)16(14)23)7-15-17(24)22(18(25)27-15)8-9-2-3-11(19)12(20)4-9/h2-7,23H,8H2,1H3. The number of amides is 2. The third kappa shape index (κ3) is 4.19. The maximum atomic E-state index is 12.6. The second-order valence-corrected chi connectivity index (χ2v) is 7.78. The van der Waals surface area contributed by atoms with Crippen molar-refractivity contribution < 1.29 is 19.4 Å². The average molecular weight is 445 g/mol. The van der Waals surface area contributed by atoms with Gasteiger partial charge in [-0.05, 0) is 53.2 Å². The van der Waals surface area contributed by atoms with Crippen LogP contribution in [0.3, 0.4) is 0 Å². The lowest BCUT2D eigenvalue weighted by Crippen LogP contribution is -2.27. The highest BCUT2D eigenvalue weighted by molar-refractivity contribution is 8.18. The van der Waals surface area contributed by atoms with E-state index in [-0.39, 0.29) is 28.0 Å². The molecule has 1 aliphatic heterocycles. The SMILES string of the molecule is COc1cc(C=C2SC(=O)N(Cc3ccc(Cl)c(Cl)c3)C2=O)cc(Cl)c1O. The Morgan fingerprint density at radius 2 is 1.85 bits per heavy atom. The smallest absolute Gasteiger partial charge is 0.293 e. The lowest BCUT2D eigenvalue weighted by molar-refractivity contribution is -0.123. The number of aromatic hydroxyl groups is 1. The highest BCUT2D eigenvalue weighted by Gasteiger charge is 2.35. The first-order valence-corrected chi connectivity index (χ1v) is 9.51. The number of methoxy groups -OCH3 is 1. The first kappa shape index (κ1) is 19.9. The summed E-state index contributed by atoms with van der Waals surface area (Å²) in [7, 11) is 1.39. The van der Waals surface area contributed by atoms with Gasteiger partial charge in [0.25, 0.3) is 11.1 Å². The number of hydrogen-bond acceptors (Lipinski definition) is 5. The number of phenolic OH excluding ortho intramolecular Hbond substituents is 1. The van der Waals surface area contributed by atoms with E-state index in [2.05, 4.69) is 0 Å². The summed E-state index contributed by atoms with van der Waals surface area (Å²) in [5.41, 5.74) is 1.21. The van der Waals surface area contributed by atoms with Gasteiger partial charge in [0, 0.05) is 0 Å². The van der Waals surface area contributed by atoms with Crippen LogP contribution in [0.4, 0.5) is 4.79 Å². The van der Waals surface area contributed by atoms with Crippen LogP contribution in [0.15, 0.2) is 35.2 Å². The topological polar surface area (TPSA) is 66.8 Å². The summed E-state index contributed by atoms with van der Waals surface area (Å²) in [5, 5.41) is 10.2. The minimum absolute atomic E-state index is 0.0793. The summed E-state index contributed by atoms with van der Waals surface area (Å²) in [5.74, 6) is -0.452. The normalized spacial score (nSPS) is 15.7. The van der Waals surface area contributed by atoms with Crippen LogP contribution in [0.5, 0.6) is 11.5 Å². The monoisotopic (exact) mass is 443 g/mol. The summed E-state index contributed by atoms with van der Waals surface area (Å²) in [6.07, 6.45) is 1.52. The number of benzene rings is 2. The van der Waals surface area contributed by atoms with E-state index in [9.17, 15) is 14.7 Å². The minimum Gasteiger partial charge on any atom is -0.503 e. The van der Waals surface area contributed by atoms with Crippen LogP contribution in [0.2, 0.25) is 15.1 Å². The van der Waals surface area contributed by atoms with E-state index >= 15 is 0 Å². The Morgan fingerprint density at radius 1 is 1.11 bits per heavy atom. The molecule has 1 aliphatic rings. The van der Waals surface area contributed by atoms with E-state index in [1.807, 2.05) is 0 Å². The molecule has 5 nitrogen and oxygen atoms in total. The molecule has 0 unspecified atom stereocenters. The summed E-state index contributed by atoms with van der Waals surface area (Å²) in [6, 6.07) is 7.92. The Bertz CT molecular complexity index is 977. The van der Waals surface area contributed by atoms with Gasteiger partial charge < -0.3 is 9.84 Å². The molecular weight excluding hydrogens is 433 g/mol. The molecule has 0 radical (unpaired) electrons. The molecule has 1 fully saturated rings. The van der Waals surface area contributed by atoms with E-state index in [1.165, 1.54) is 25.3 Å². The number of ether oxygens (including phenoxy) is 1. The fourth-order valence-electron chi connectivity index (χ4n) is 2.44. The number of carbonyl (C=O) groups excluding carboxylic acids is 2. The third-order valence-electron chi connectivity index (χ3n) is 3.77. The van der Waals surface area contributed by atoms with Crippen LogP contribution in [0, 0.1) is 0 Å². The zero-order valence-corrected chi connectivity index (χ0v) is 16.9. The van der Waals surface area contributed by atoms with E-state index in [1.54, 1.807) is 18.2 Å². The van der Waals surface area contributed by atoms with Gasteiger partial charge in [-0.25, -0.2) is 0 Å². The molecule has 3 rings (SSSR count). The molecule has 0 saturated carbocycles. The van der Waals surface area contributed by atoms with Crippen molar-refractivity contribution >= 4 is 63.8 Å². The molecule has 1 heterocycles. The zero-order chi connectivity index (χ0) is 19.7. The van der Waals surface area contributed by atoms with Gasteiger partial charge in [-0.1, -0.05) is 40.9 Å². The van der Waals surface area contributed by atoms with Crippen LogP contribution < -0.4 is 4.74 Å². The fourth-order valence-corrected chi connectivity index (χ4v) is 3.82. The molecule has 2 aromatic carbocycles. The Balaban J connectivity index is 1.86. The van der Waals surface area contributed by atoms with E-state index in [0.29, 0.717) is 21.2 Å². The molecule has 1 saturated heterocycles. The molecule has 27 heavy (non-hydrogen) atoms. The third-order valence-corrected chi connectivity index (χ3v) is 5.70. The van der Waals surface area contributed by atoms with Gasteiger partial charge in [0.1, 0.15) is 0 Å². The minimum atomic E-state index is -0.431.